The minimum Gasteiger partial charge on any atom is -0.493 e. The second kappa shape index (κ2) is 8.60. The zero-order valence-corrected chi connectivity index (χ0v) is 19.6. The van der Waals surface area contributed by atoms with Gasteiger partial charge in [0.25, 0.3) is 11.1 Å². The van der Waals surface area contributed by atoms with E-state index in [1.807, 2.05) is 36.4 Å². The van der Waals surface area contributed by atoms with Crippen molar-refractivity contribution in [1.82, 2.24) is 13.9 Å². The Morgan fingerprint density at radius 3 is 2.25 bits per heavy atom. The van der Waals surface area contributed by atoms with Crippen LogP contribution in [-0.4, -0.2) is 28.2 Å². The average Bonchev–Trinajstić information content (AvgIpc) is 3.02. The molecule has 4 rings (SSSR count). The van der Waals surface area contributed by atoms with Crippen molar-refractivity contribution >= 4 is 23.6 Å². The lowest BCUT2D eigenvalue weighted by Gasteiger charge is -2.10. The molecule has 2 aromatic carbocycles. The van der Waals surface area contributed by atoms with Crippen molar-refractivity contribution in [3.05, 3.63) is 85.0 Å². The van der Waals surface area contributed by atoms with Crippen molar-refractivity contribution in [1.29, 1.82) is 0 Å². The Kier molecular flexibility index (Phi) is 5.86. The highest BCUT2D eigenvalue weighted by Crippen LogP contribution is 2.33. The third-order valence-corrected chi connectivity index (χ3v) is 6.63. The molecule has 0 aliphatic carbocycles. The summed E-state index contributed by atoms with van der Waals surface area (Å²) in [6, 6.07) is 16.2. The molecule has 0 saturated heterocycles. The first-order valence-electron chi connectivity index (χ1n) is 9.71. The molecule has 0 amide bonds. The Morgan fingerprint density at radius 1 is 0.938 bits per heavy atom. The smallest absolute Gasteiger partial charge is 0.296 e. The van der Waals surface area contributed by atoms with Crippen LogP contribution in [0.4, 0.5) is 0 Å². The second-order valence-electron chi connectivity index (χ2n) is 7.03. The van der Waals surface area contributed by atoms with Crippen LogP contribution >= 0.6 is 23.6 Å². The largest absolute Gasteiger partial charge is 0.493 e. The van der Waals surface area contributed by atoms with E-state index < -0.39 is 0 Å². The minimum absolute atomic E-state index is 0.251. The van der Waals surface area contributed by atoms with Gasteiger partial charge in [0, 0.05) is 18.0 Å². The van der Waals surface area contributed by atoms with Crippen molar-refractivity contribution in [2.24, 2.45) is 7.05 Å². The number of nitrogens with zero attached hydrogens (tertiary/aromatic N) is 3. The zero-order valence-electron chi connectivity index (χ0n) is 18.0. The van der Waals surface area contributed by atoms with Crippen LogP contribution in [0.3, 0.4) is 0 Å². The number of benzene rings is 2. The van der Waals surface area contributed by atoms with Crippen molar-refractivity contribution in [3.63, 3.8) is 0 Å². The molecule has 7 nitrogen and oxygen atoms in total. The predicted octanol–water partition coefficient (Wildman–Crippen LogP) is 4.11. The molecule has 0 unspecified atom stereocenters. The fourth-order valence-electron chi connectivity index (χ4n) is 3.58. The molecule has 0 radical (unpaired) electrons. The molecule has 0 aliphatic rings. The number of aromatic nitrogens is 3. The van der Waals surface area contributed by atoms with Crippen LogP contribution in [0.2, 0.25) is 0 Å². The van der Waals surface area contributed by atoms with Gasteiger partial charge in [0.1, 0.15) is 5.69 Å². The number of hydrogen-bond donors (Lipinski definition) is 0. The Balaban J connectivity index is 1.89. The molecule has 0 spiro atoms. The Hall–Kier alpha value is -3.43. The van der Waals surface area contributed by atoms with Crippen molar-refractivity contribution < 1.29 is 9.47 Å². The normalized spacial score (nSPS) is 10.9. The van der Waals surface area contributed by atoms with Crippen LogP contribution in [0.5, 0.6) is 11.5 Å². The monoisotopic (exact) mass is 467 g/mol. The Labute approximate surface area is 193 Å². The van der Waals surface area contributed by atoms with Crippen LogP contribution < -0.4 is 20.6 Å². The summed E-state index contributed by atoms with van der Waals surface area (Å²) in [5, 5.41) is 0. The number of hydrogen-bond acceptors (Lipinski definition) is 6. The van der Waals surface area contributed by atoms with Crippen molar-refractivity contribution in [2.75, 3.05) is 14.2 Å². The first kappa shape index (κ1) is 21.8. The standard InChI is InChI=1S/C23H21N3O4S2/c1-14-21(22(28)26(24(14)2)16-8-6-5-7-9-16)25-20(27)13-19(32-23(25)31)15-10-11-17(29-3)18(12-15)30-4/h5-13H,1-4H3. The minimum atomic E-state index is -0.371. The van der Waals surface area contributed by atoms with Gasteiger partial charge in [-0.1, -0.05) is 18.2 Å². The first-order chi connectivity index (χ1) is 15.4. The summed E-state index contributed by atoms with van der Waals surface area (Å²) in [7, 11) is 4.90. The molecule has 0 bridgehead atoms. The highest BCUT2D eigenvalue weighted by Gasteiger charge is 2.20. The van der Waals surface area contributed by atoms with E-state index in [1.165, 1.54) is 26.7 Å². The summed E-state index contributed by atoms with van der Waals surface area (Å²) in [5.41, 5.74) is 1.69. The van der Waals surface area contributed by atoms with E-state index >= 15 is 0 Å². The maximum atomic E-state index is 13.3. The first-order valence-corrected chi connectivity index (χ1v) is 10.9. The van der Waals surface area contributed by atoms with Gasteiger partial charge in [-0.2, -0.15) is 0 Å². The zero-order chi connectivity index (χ0) is 23.0. The van der Waals surface area contributed by atoms with Crippen molar-refractivity contribution in [2.45, 2.75) is 6.92 Å². The summed E-state index contributed by atoms with van der Waals surface area (Å²) < 4.78 is 15.5. The molecule has 164 valence electrons. The van der Waals surface area contributed by atoms with E-state index in [0.717, 1.165) is 5.56 Å². The van der Waals surface area contributed by atoms with E-state index in [2.05, 4.69) is 0 Å². The van der Waals surface area contributed by atoms with Crippen LogP contribution in [-0.2, 0) is 7.05 Å². The predicted molar refractivity (Wildman–Crippen MR) is 129 cm³/mol. The van der Waals surface area contributed by atoms with E-state index in [9.17, 15) is 9.59 Å². The van der Waals surface area contributed by atoms with Gasteiger partial charge in [-0.3, -0.25) is 18.8 Å². The molecule has 32 heavy (non-hydrogen) atoms. The summed E-state index contributed by atoms with van der Waals surface area (Å²) in [6.45, 7) is 1.80. The number of para-hydroxylation sites is 1. The van der Waals surface area contributed by atoms with Gasteiger partial charge in [-0.25, -0.2) is 4.68 Å². The summed E-state index contributed by atoms with van der Waals surface area (Å²) in [4.78, 5) is 27.2. The Bertz CT molecular complexity index is 1450. The van der Waals surface area contributed by atoms with E-state index in [0.29, 0.717) is 27.8 Å². The molecule has 0 atom stereocenters. The van der Waals surface area contributed by atoms with Gasteiger partial charge in [-0.05, 0) is 55.0 Å². The third-order valence-electron chi connectivity index (χ3n) is 5.27. The lowest BCUT2D eigenvalue weighted by atomic mass is 10.1. The number of rotatable bonds is 5. The van der Waals surface area contributed by atoms with Gasteiger partial charge in [-0.15, -0.1) is 11.3 Å². The van der Waals surface area contributed by atoms with Crippen LogP contribution in [0.1, 0.15) is 5.69 Å². The fraction of sp³-hybridized carbons (Fsp3) is 0.174. The summed E-state index contributed by atoms with van der Waals surface area (Å²) >= 11 is 6.83. The van der Waals surface area contributed by atoms with E-state index in [4.69, 9.17) is 21.7 Å². The number of methoxy groups -OCH3 is 2. The summed E-state index contributed by atoms with van der Waals surface area (Å²) in [6.07, 6.45) is 0. The van der Waals surface area contributed by atoms with Gasteiger partial charge in [0.2, 0.25) is 0 Å². The van der Waals surface area contributed by atoms with Gasteiger partial charge in [0.05, 0.1) is 25.6 Å². The highest BCUT2D eigenvalue weighted by atomic mass is 32.1. The van der Waals surface area contributed by atoms with Gasteiger partial charge >= 0.3 is 0 Å². The van der Waals surface area contributed by atoms with Gasteiger partial charge in [0.15, 0.2) is 15.5 Å². The quantitative estimate of drug-likeness (QED) is 0.413. The lowest BCUT2D eigenvalue weighted by molar-refractivity contribution is 0.355. The van der Waals surface area contributed by atoms with Crippen LogP contribution in [0, 0.1) is 10.9 Å². The highest BCUT2D eigenvalue weighted by molar-refractivity contribution is 7.73. The molecular formula is C23H21N3O4S2. The van der Waals surface area contributed by atoms with E-state index in [1.54, 1.807) is 45.0 Å². The molecule has 9 heteroatoms. The van der Waals surface area contributed by atoms with Crippen LogP contribution in [0.15, 0.2) is 64.2 Å². The lowest BCUT2D eigenvalue weighted by Crippen LogP contribution is -2.26. The maximum Gasteiger partial charge on any atom is 0.296 e. The average molecular weight is 468 g/mol. The fourth-order valence-corrected chi connectivity index (χ4v) is 4.90. The Morgan fingerprint density at radius 2 is 1.62 bits per heavy atom. The molecule has 0 fully saturated rings. The summed E-state index contributed by atoms with van der Waals surface area (Å²) in [5.74, 6) is 1.14. The van der Waals surface area contributed by atoms with Crippen molar-refractivity contribution in [3.8, 4) is 33.3 Å². The van der Waals surface area contributed by atoms with E-state index in [-0.39, 0.29) is 20.8 Å². The second-order valence-corrected chi connectivity index (χ2v) is 8.71. The molecule has 2 heterocycles. The molecule has 0 aliphatic heterocycles. The van der Waals surface area contributed by atoms with Gasteiger partial charge < -0.3 is 9.47 Å². The molecule has 0 N–H and O–H groups in total. The number of ether oxygens (including phenoxy) is 2. The van der Waals surface area contributed by atoms with Crippen LogP contribution in [0.25, 0.3) is 21.8 Å². The topological polar surface area (TPSA) is 67.4 Å². The molecule has 0 saturated carbocycles. The SMILES string of the molecule is COc1ccc(-c2cc(=O)n(-c3c(C)n(C)n(-c4ccccc4)c3=O)c(=S)s2)cc1OC. The molecule has 2 aromatic heterocycles. The maximum absolute atomic E-state index is 13.3. The molecule has 4 aromatic rings. The molecular weight excluding hydrogens is 446 g/mol. The third kappa shape index (κ3) is 3.59.